The molecule has 0 bridgehead atoms. The Kier molecular flexibility index (Phi) is 4.74. The van der Waals surface area contributed by atoms with E-state index in [-0.39, 0.29) is 5.91 Å². The van der Waals surface area contributed by atoms with Gasteiger partial charge in [-0.2, -0.15) is 0 Å². The highest BCUT2D eigenvalue weighted by atomic mass is 32.1. The minimum absolute atomic E-state index is 0.288. The molecule has 0 saturated carbocycles. The number of amides is 1. The SMILES string of the molecule is COc1ccc(-c2nc(C(=O)Nc3nc4c(OC)cccc4s3)cs2)cc1. The second-order valence-corrected chi connectivity index (χ2v) is 7.44. The van der Waals surface area contributed by atoms with Crippen LogP contribution in [0.15, 0.2) is 47.8 Å². The van der Waals surface area contributed by atoms with Crippen LogP contribution in [-0.2, 0) is 0 Å². The van der Waals surface area contributed by atoms with Gasteiger partial charge in [0.25, 0.3) is 5.91 Å². The van der Waals surface area contributed by atoms with Gasteiger partial charge in [-0.3, -0.25) is 10.1 Å². The molecule has 0 radical (unpaired) electrons. The van der Waals surface area contributed by atoms with E-state index in [1.54, 1.807) is 19.6 Å². The first-order valence-corrected chi connectivity index (χ1v) is 9.72. The zero-order chi connectivity index (χ0) is 18.8. The van der Waals surface area contributed by atoms with Crippen LogP contribution < -0.4 is 14.8 Å². The van der Waals surface area contributed by atoms with Crippen LogP contribution in [0, 0.1) is 0 Å². The van der Waals surface area contributed by atoms with E-state index < -0.39 is 0 Å². The number of hydrogen-bond acceptors (Lipinski definition) is 7. The van der Waals surface area contributed by atoms with Crippen molar-refractivity contribution >= 4 is 43.9 Å². The molecule has 2 aromatic heterocycles. The van der Waals surface area contributed by atoms with Gasteiger partial charge in [0.15, 0.2) is 5.13 Å². The molecule has 0 aliphatic heterocycles. The van der Waals surface area contributed by atoms with Gasteiger partial charge in [0.2, 0.25) is 0 Å². The third-order valence-corrected chi connectivity index (χ3v) is 5.72. The number of benzene rings is 2. The van der Waals surface area contributed by atoms with Crippen molar-refractivity contribution in [1.29, 1.82) is 0 Å². The molecule has 1 N–H and O–H groups in total. The van der Waals surface area contributed by atoms with Gasteiger partial charge >= 0.3 is 0 Å². The molecule has 27 heavy (non-hydrogen) atoms. The molecule has 1 amide bonds. The normalized spacial score (nSPS) is 10.7. The van der Waals surface area contributed by atoms with Crippen molar-refractivity contribution in [3.05, 3.63) is 53.5 Å². The maximum atomic E-state index is 12.5. The van der Waals surface area contributed by atoms with Gasteiger partial charge in [0.05, 0.1) is 18.9 Å². The highest BCUT2D eigenvalue weighted by Gasteiger charge is 2.15. The van der Waals surface area contributed by atoms with E-state index >= 15 is 0 Å². The van der Waals surface area contributed by atoms with Crippen LogP contribution in [-0.4, -0.2) is 30.1 Å². The number of thiazole rings is 2. The first-order chi connectivity index (χ1) is 13.2. The molecule has 8 heteroatoms. The predicted octanol–water partition coefficient (Wildman–Crippen LogP) is 4.69. The van der Waals surface area contributed by atoms with Crippen molar-refractivity contribution in [2.45, 2.75) is 0 Å². The van der Waals surface area contributed by atoms with Gasteiger partial charge in [-0.25, -0.2) is 9.97 Å². The zero-order valence-electron chi connectivity index (χ0n) is 14.6. The molecule has 136 valence electrons. The Morgan fingerprint density at radius 2 is 1.85 bits per heavy atom. The summed E-state index contributed by atoms with van der Waals surface area (Å²) in [5, 5.41) is 5.84. The summed E-state index contributed by atoms with van der Waals surface area (Å²) in [4.78, 5) is 21.4. The number of carbonyl (C=O) groups is 1. The second-order valence-electron chi connectivity index (χ2n) is 5.55. The van der Waals surface area contributed by atoms with Crippen molar-refractivity contribution in [3.63, 3.8) is 0 Å². The summed E-state index contributed by atoms with van der Waals surface area (Å²) in [5.74, 6) is 1.17. The molecule has 0 spiro atoms. The first-order valence-electron chi connectivity index (χ1n) is 8.03. The highest BCUT2D eigenvalue weighted by Crippen LogP contribution is 2.32. The number of aromatic nitrogens is 2. The number of hydrogen-bond donors (Lipinski definition) is 1. The number of nitrogens with zero attached hydrogens (tertiary/aromatic N) is 2. The topological polar surface area (TPSA) is 73.3 Å². The molecule has 2 heterocycles. The molecule has 0 aliphatic carbocycles. The average Bonchev–Trinajstić information content (AvgIpc) is 3.34. The molecule has 6 nitrogen and oxygen atoms in total. The fourth-order valence-electron chi connectivity index (χ4n) is 2.55. The lowest BCUT2D eigenvalue weighted by Crippen LogP contribution is -2.11. The molecule has 0 atom stereocenters. The molecule has 0 unspecified atom stereocenters. The quantitative estimate of drug-likeness (QED) is 0.529. The number of carbonyl (C=O) groups excluding carboxylic acids is 1. The fraction of sp³-hybridized carbons (Fsp3) is 0.105. The van der Waals surface area contributed by atoms with Crippen LogP contribution in [0.3, 0.4) is 0 Å². The first kappa shape index (κ1) is 17.4. The lowest BCUT2D eigenvalue weighted by atomic mass is 10.2. The monoisotopic (exact) mass is 397 g/mol. The molecule has 2 aromatic carbocycles. The smallest absolute Gasteiger partial charge is 0.276 e. The van der Waals surface area contributed by atoms with Crippen molar-refractivity contribution in [2.24, 2.45) is 0 Å². The Bertz CT molecular complexity index is 1100. The van der Waals surface area contributed by atoms with Gasteiger partial charge in [0, 0.05) is 10.9 Å². The number of rotatable bonds is 5. The Balaban J connectivity index is 1.54. The maximum absolute atomic E-state index is 12.5. The third-order valence-electron chi connectivity index (χ3n) is 3.90. The molecular weight excluding hydrogens is 382 g/mol. The Labute approximate surface area is 163 Å². The number of methoxy groups -OCH3 is 2. The Morgan fingerprint density at radius 1 is 1.04 bits per heavy atom. The van der Waals surface area contributed by atoms with E-state index in [1.807, 2.05) is 42.5 Å². The Hall–Kier alpha value is -2.97. The van der Waals surface area contributed by atoms with Crippen LogP contribution in [0.2, 0.25) is 0 Å². The van der Waals surface area contributed by atoms with Crippen LogP contribution in [0.5, 0.6) is 11.5 Å². The lowest BCUT2D eigenvalue weighted by molar-refractivity contribution is 0.102. The van der Waals surface area contributed by atoms with Crippen molar-refractivity contribution in [1.82, 2.24) is 9.97 Å². The van der Waals surface area contributed by atoms with E-state index in [2.05, 4.69) is 15.3 Å². The fourth-order valence-corrected chi connectivity index (χ4v) is 4.23. The number of fused-ring (bicyclic) bond motifs is 1. The minimum Gasteiger partial charge on any atom is -0.497 e. The average molecular weight is 397 g/mol. The Morgan fingerprint density at radius 3 is 2.59 bits per heavy atom. The number of anilines is 1. The molecular formula is C19H15N3O3S2. The van der Waals surface area contributed by atoms with Crippen LogP contribution in [0.25, 0.3) is 20.8 Å². The van der Waals surface area contributed by atoms with Crippen molar-refractivity contribution in [3.8, 4) is 22.1 Å². The molecule has 4 aromatic rings. The van der Waals surface area contributed by atoms with Gasteiger partial charge in [-0.15, -0.1) is 11.3 Å². The summed E-state index contributed by atoms with van der Waals surface area (Å²) in [7, 11) is 3.22. The second kappa shape index (κ2) is 7.34. The van der Waals surface area contributed by atoms with E-state index in [0.29, 0.717) is 16.6 Å². The van der Waals surface area contributed by atoms with Crippen LogP contribution in [0.4, 0.5) is 5.13 Å². The largest absolute Gasteiger partial charge is 0.497 e. The number of para-hydroxylation sites is 1. The summed E-state index contributed by atoms with van der Waals surface area (Å²) in [5.41, 5.74) is 2.03. The standard InChI is InChI=1S/C19H15N3O3S2/c1-24-12-8-6-11(7-9-12)18-20-13(10-26-18)17(23)22-19-21-16-14(25-2)4-3-5-15(16)27-19/h3-10H,1-2H3,(H,21,22,23). The van der Waals surface area contributed by atoms with Crippen LogP contribution in [0.1, 0.15) is 10.5 Å². The summed E-state index contributed by atoms with van der Waals surface area (Å²) < 4.78 is 11.4. The van der Waals surface area contributed by atoms with Crippen molar-refractivity contribution in [2.75, 3.05) is 19.5 Å². The molecule has 0 aliphatic rings. The van der Waals surface area contributed by atoms with E-state index in [0.717, 1.165) is 26.5 Å². The number of nitrogens with one attached hydrogen (secondary N) is 1. The predicted molar refractivity (Wildman–Crippen MR) is 108 cm³/mol. The third kappa shape index (κ3) is 3.49. The van der Waals surface area contributed by atoms with E-state index in [1.165, 1.54) is 22.7 Å². The van der Waals surface area contributed by atoms with E-state index in [4.69, 9.17) is 9.47 Å². The van der Waals surface area contributed by atoms with Gasteiger partial charge in [-0.05, 0) is 36.4 Å². The van der Waals surface area contributed by atoms with E-state index in [9.17, 15) is 4.79 Å². The zero-order valence-corrected chi connectivity index (χ0v) is 16.2. The summed E-state index contributed by atoms with van der Waals surface area (Å²) in [6.07, 6.45) is 0. The molecule has 0 fully saturated rings. The highest BCUT2D eigenvalue weighted by molar-refractivity contribution is 7.22. The van der Waals surface area contributed by atoms with Crippen LogP contribution >= 0.6 is 22.7 Å². The van der Waals surface area contributed by atoms with Gasteiger partial charge < -0.3 is 9.47 Å². The van der Waals surface area contributed by atoms with Gasteiger partial charge in [-0.1, -0.05) is 17.4 Å². The summed E-state index contributed by atoms with van der Waals surface area (Å²) in [6.45, 7) is 0. The minimum atomic E-state index is -0.288. The molecule has 4 rings (SSSR count). The van der Waals surface area contributed by atoms with Gasteiger partial charge in [0.1, 0.15) is 27.7 Å². The molecule has 0 saturated heterocycles. The summed E-state index contributed by atoms with van der Waals surface area (Å²) >= 11 is 2.81. The maximum Gasteiger partial charge on any atom is 0.276 e. The summed E-state index contributed by atoms with van der Waals surface area (Å²) in [6, 6.07) is 13.2. The van der Waals surface area contributed by atoms with Crippen molar-refractivity contribution < 1.29 is 14.3 Å². The lowest BCUT2D eigenvalue weighted by Gasteiger charge is -2.00. The number of ether oxygens (including phenoxy) is 2.